The van der Waals surface area contributed by atoms with E-state index in [4.69, 9.17) is 6.57 Å². The maximum absolute atomic E-state index is 12.6. The minimum Gasteiger partial charge on any atom is -0.372 e. The summed E-state index contributed by atoms with van der Waals surface area (Å²) >= 11 is 0. The summed E-state index contributed by atoms with van der Waals surface area (Å²) in [7, 11) is 0. The number of nitrogens with one attached hydrogen (secondary N) is 1. The summed E-state index contributed by atoms with van der Waals surface area (Å²) in [5, 5.41) is 3.17. The molecule has 1 amide bonds. The van der Waals surface area contributed by atoms with Gasteiger partial charge in [0.1, 0.15) is 0 Å². The second kappa shape index (κ2) is 9.98. The van der Waals surface area contributed by atoms with Gasteiger partial charge in [-0.1, -0.05) is 35.9 Å². The van der Waals surface area contributed by atoms with Crippen molar-refractivity contribution in [3.05, 3.63) is 70.6 Å². The standard InChI is InChI=1S/C26H32N4O/c1-20-4-5-23-19-29(15-10-22(23)18-20)14-3-13-28-26(31)21-11-16-30(17-12-21)25-8-6-24(27-2)7-9-25/h4-9,18,21H,3,10-17,19H2,1H3,(H,28,31). The fraction of sp³-hybridized carbons (Fsp3) is 0.462. The van der Waals surface area contributed by atoms with E-state index < -0.39 is 0 Å². The highest BCUT2D eigenvalue weighted by Gasteiger charge is 2.25. The van der Waals surface area contributed by atoms with Crippen LogP contribution in [0.1, 0.15) is 36.0 Å². The molecule has 0 aromatic heterocycles. The minimum atomic E-state index is 0.115. The number of benzene rings is 2. The van der Waals surface area contributed by atoms with Crippen molar-refractivity contribution in [2.75, 3.05) is 37.6 Å². The Morgan fingerprint density at radius 3 is 2.61 bits per heavy atom. The average molecular weight is 417 g/mol. The summed E-state index contributed by atoms with van der Waals surface area (Å²) in [6.45, 7) is 14.9. The third-order valence-electron chi connectivity index (χ3n) is 6.61. The monoisotopic (exact) mass is 416 g/mol. The topological polar surface area (TPSA) is 39.9 Å². The summed E-state index contributed by atoms with van der Waals surface area (Å²) in [6.07, 6.45) is 3.90. The molecule has 0 saturated carbocycles. The van der Waals surface area contributed by atoms with Crippen LogP contribution in [-0.4, -0.2) is 43.5 Å². The molecule has 1 fully saturated rings. The van der Waals surface area contributed by atoms with Gasteiger partial charge in [0.2, 0.25) is 5.91 Å². The summed E-state index contributed by atoms with van der Waals surface area (Å²) in [5.41, 5.74) is 6.11. The van der Waals surface area contributed by atoms with Crippen LogP contribution < -0.4 is 10.2 Å². The molecule has 0 spiro atoms. The molecule has 2 aliphatic rings. The number of anilines is 1. The lowest BCUT2D eigenvalue weighted by Crippen LogP contribution is -2.41. The number of aryl methyl sites for hydroxylation is 1. The molecule has 2 aromatic carbocycles. The molecule has 0 bridgehead atoms. The highest BCUT2D eigenvalue weighted by molar-refractivity contribution is 5.79. The van der Waals surface area contributed by atoms with Crippen molar-refractivity contribution in [2.24, 2.45) is 5.92 Å². The number of nitrogens with zero attached hydrogens (tertiary/aromatic N) is 3. The predicted octanol–water partition coefficient (Wildman–Crippen LogP) is 4.33. The highest BCUT2D eigenvalue weighted by atomic mass is 16.1. The molecule has 5 nitrogen and oxygen atoms in total. The Labute approximate surface area is 185 Å². The molecule has 2 aromatic rings. The maximum atomic E-state index is 12.6. The zero-order chi connectivity index (χ0) is 21.6. The molecule has 162 valence electrons. The van der Waals surface area contributed by atoms with Gasteiger partial charge in [0, 0.05) is 50.9 Å². The smallest absolute Gasteiger partial charge is 0.223 e. The lowest BCUT2D eigenvalue weighted by atomic mass is 9.95. The molecule has 1 N–H and O–H groups in total. The van der Waals surface area contributed by atoms with E-state index in [1.165, 1.54) is 16.7 Å². The molecule has 31 heavy (non-hydrogen) atoms. The maximum Gasteiger partial charge on any atom is 0.223 e. The SMILES string of the molecule is [C-]#[N+]c1ccc(N2CCC(C(=O)NCCCN3CCc4cc(C)ccc4C3)CC2)cc1. The zero-order valence-corrected chi connectivity index (χ0v) is 18.4. The minimum absolute atomic E-state index is 0.115. The van der Waals surface area contributed by atoms with Crippen molar-refractivity contribution >= 4 is 17.3 Å². The van der Waals surface area contributed by atoms with Crippen LogP contribution in [0.3, 0.4) is 0 Å². The number of rotatable bonds is 6. The number of hydrogen-bond donors (Lipinski definition) is 1. The molecule has 4 rings (SSSR count). The van der Waals surface area contributed by atoms with Gasteiger partial charge in [0.15, 0.2) is 5.69 Å². The first-order valence-electron chi connectivity index (χ1n) is 11.4. The van der Waals surface area contributed by atoms with E-state index in [0.717, 1.165) is 70.6 Å². The fourth-order valence-electron chi connectivity index (χ4n) is 4.73. The van der Waals surface area contributed by atoms with Crippen molar-refractivity contribution in [1.82, 2.24) is 10.2 Å². The normalized spacial score (nSPS) is 17.1. The van der Waals surface area contributed by atoms with Crippen LogP contribution >= 0.6 is 0 Å². The molecule has 1 saturated heterocycles. The average Bonchev–Trinajstić information content (AvgIpc) is 2.82. The van der Waals surface area contributed by atoms with E-state index in [9.17, 15) is 4.79 Å². The predicted molar refractivity (Wildman–Crippen MR) is 125 cm³/mol. The van der Waals surface area contributed by atoms with Gasteiger partial charge in [0.05, 0.1) is 6.57 Å². The Morgan fingerprint density at radius 1 is 1.10 bits per heavy atom. The molecule has 0 atom stereocenters. The van der Waals surface area contributed by atoms with Crippen LogP contribution in [0.15, 0.2) is 42.5 Å². The molecule has 5 heteroatoms. The van der Waals surface area contributed by atoms with Crippen LogP contribution in [0.5, 0.6) is 0 Å². The third kappa shape index (κ3) is 5.45. The Balaban J connectivity index is 1.15. The Kier molecular flexibility index (Phi) is 6.89. The number of fused-ring (bicyclic) bond motifs is 1. The summed E-state index contributed by atoms with van der Waals surface area (Å²) in [6, 6.07) is 14.5. The molecular weight excluding hydrogens is 384 g/mol. The molecule has 2 heterocycles. The number of amides is 1. The van der Waals surface area contributed by atoms with Crippen molar-refractivity contribution in [3.8, 4) is 0 Å². The van der Waals surface area contributed by atoms with Gasteiger partial charge in [-0.2, -0.15) is 0 Å². The third-order valence-corrected chi connectivity index (χ3v) is 6.61. The van der Waals surface area contributed by atoms with Crippen LogP contribution in [-0.2, 0) is 17.8 Å². The van der Waals surface area contributed by atoms with Crippen molar-refractivity contribution in [3.63, 3.8) is 0 Å². The molecule has 2 aliphatic heterocycles. The Bertz CT molecular complexity index is 939. The second-order valence-electron chi connectivity index (χ2n) is 8.83. The molecule has 0 aliphatic carbocycles. The van der Waals surface area contributed by atoms with Gasteiger partial charge < -0.3 is 10.2 Å². The first kappa shape index (κ1) is 21.4. The fourth-order valence-corrected chi connectivity index (χ4v) is 4.73. The lowest BCUT2D eigenvalue weighted by molar-refractivity contribution is -0.125. The van der Waals surface area contributed by atoms with E-state index in [2.05, 4.69) is 45.1 Å². The van der Waals surface area contributed by atoms with Crippen molar-refractivity contribution in [1.29, 1.82) is 0 Å². The van der Waals surface area contributed by atoms with Crippen LogP contribution in [0.25, 0.3) is 4.85 Å². The van der Waals surface area contributed by atoms with Gasteiger partial charge >= 0.3 is 0 Å². The van der Waals surface area contributed by atoms with Gasteiger partial charge in [-0.25, -0.2) is 4.85 Å². The second-order valence-corrected chi connectivity index (χ2v) is 8.83. The Hall–Kier alpha value is -2.84. The first-order chi connectivity index (χ1) is 15.1. The summed E-state index contributed by atoms with van der Waals surface area (Å²) in [4.78, 5) is 20.9. The molecular formula is C26H32N4O. The van der Waals surface area contributed by atoms with Crippen LogP contribution in [0, 0.1) is 19.4 Å². The number of piperidine rings is 1. The van der Waals surface area contributed by atoms with Gasteiger partial charge in [-0.15, -0.1) is 0 Å². The molecule has 0 unspecified atom stereocenters. The largest absolute Gasteiger partial charge is 0.372 e. The van der Waals surface area contributed by atoms with Crippen LogP contribution in [0.4, 0.5) is 11.4 Å². The quantitative estimate of drug-likeness (QED) is 0.563. The van der Waals surface area contributed by atoms with E-state index in [0.29, 0.717) is 5.69 Å². The van der Waals surface area contributed by atoms with Crippen molar-refractivity contribution < 1.29 is 4.79 Å². The number of hydrogen-bond acceptors (Lipinski definition) is 3. The van der Waals surface area contributed by atoms with Gasteiger partial charge in [0.25, 0.3) is 0 Å². The molecule has 0 radical (unpaired) electrons. The first-order valence-corrected chi connectivity index (χ1v) is 11.4. The number of carbonyl (C=O) groups excluding carboxylic acids is 1. The summed E-state index contributed by atoms with van der Waals surface area (Å²) in [5.74, 6) is 0.325. The summed E-state index contributed by atoms with van der Waals surface area (Å²) < 4.78 is 0. The highest BCUT2D eigenvalue weighted by Crippen LogP contribution is 2.25. The van der Waals surface area contributed by atoms with Gasteiger partial charge in [-0.05, 0) is 55.9 Å². The Morgan fingerprint density at radius 2 is 1.87 bits per heavy atom. The van der Waals surface area contributed by atoms with E-state index in [-0.39, 0.29) is 11.8 Å². The van der Waals surface area contributed by atoms with E-state index in [1.807, 2.05) is 24.3 Å². The van der Waals surface area contributed by atoms with E-state index in [1.54, 1.807) is 0 Å². The van der Waals surface area contributed by atoms with E-state index >= 15 is 0 Å². The van der Waals surface area contributed by atoms with Crippen LogP contribution in [0.2, 0.25) is 0 Å². The lowest BCUT2D eigenvalue weighted by Gasteiger charge is -2.33. The zero-order valence-electron chi connectivity index (χ0n) is 18.4. The number of carbonyl (C=O) groups is 1. The van der Waals surface area contributed by atoms with Crippen molar-refractivity contribution in [2.45, 2.75) is 39.2 Å². The van der Waals surface area contributed by atoms with Gasteiger partial charge in [-0.3, -0.25) is 9.69 Å².